The number of aryl methyl sites for hydroxylation is 2. The number of benzene rings is 2. The van der Waals surface area contributed by atoms with E-state index in [1.165, 1.54) is 17.7 Å². The van der Waals surface area contributed by atoms with Crippen LogP contribution in [0.25, 0.3) is 0 Å². The zero-order valence-electron chi connectivity index (χ0n) is 13.1. The van der Waals surface area contributed by atoms with Crippen molar-refractivity contribution in [2.75, 3.05) is 0 Å². The molecule has 0 amide bonds. The molecule has 0 unspecified atom stereocenters. The van der Waals surface area contributed by atoms with E-state index in [1.54, 1.807) is 25.1 Å². The van der Waals surface area contributed by atoms with E-state index >= 15 is 0 Å². The Balaban J connectivity index is 2.32. The van der Waals surface area contributed by atoms with Gasteiger partial charge in [-0.25, -0.2) is 0 Å². The molecule has 0 heterocycles. The molecule has 2 aromatic carbocycles. The summed E-state index contributed by atoms with van der Waals surface area (Å²) in [5.41, 5.74) is 2.87. The number of rotatable bonds is 4. The van der Waals surface area contributed by atoms with Crippen molar-refractivity contribution in [3.05, 3.63) is 58.1 Å². The molecule has 0 spiro atoms. The maximum atomic E-state index is 12.3. The van der Waals surface area contributed by atoms with Gasteiger partial charge in [-0.05, 0) is 66.8 Å². The van der Waals surface area contributed by atoms with Crippen LogP contribution in [-0.4, -0.2) is 8.42 Å². The van der Waals surface area contributed by atoms with E-state index in [0.717, 1.165) is 5.56 Å². The number of hydrogen-bond acceptors (Lipinski definition) is 3. The maximum Gasteiger partial charge on any atom is 0.339 e. The van der Waals surface area contributed by atoms with Gasteiger partial charge in [0.15, 0.2) is 0 Å². The lowest BCUT2D eigenvalue weighted by Crippen LogP contribution is -2.10. The third kappa shape index (κ3) is 3.62. The van der Waals surface area contributed by atoms with E-state index in [0.29, 0.717) is 22.3 Å². The highest BCUT2D eigenvalue weighted by Gasteiger charge is 2.18. The van der Waals surface area contributed by atoms with Crippen molar-refractivity contribution in [1.82, 2.24) is 0 Å². The predicted octanol–water partition coefficient (Wildman–Crippen LogP) is 4.85. The average molecular weight is 339 g/mol. The molecule has 0 aromatic heterocycles. The Kier molecular flexibility index (Phi) is 4.83. The van der Waals surface area contributed by atoms with Crippen LogP contribution >= 0.6 is 11.6 Å². The van der Waals surface area contributed by atoms with Gasteiger partial charge in [0.05, 0.1) is 0 Å². The van der Waals surface area contributed by atoms with Gasteiger partial charge in [0.2, 0.25) is 0 Å². The zero-order valence-corrected chi connectivity index (χ0v) is 14.6. The van der Waals surface area contributed by atoms with Crippen molar-refractivity contribution in [2.24, 2.45) is 0 Å². The van der Waals surface area contributed by atoms with E-state index < -0.39 is 10.1 Å². The zero-order chi connectivity index (χ0) is 16.5. The molecular formula is C17H19ClO3S. The fourth-order valence-corrected chi connectivity index (χ4v) is 3.42. The fraction of sp³-hybridized carbons (Fsp3) is 0.294. The average Bonchev–Trinajstić information content (AvgIpc) is 2.40. The van der Waals surface area contributed by atoms with Gasteiger partial charge in [-0.3, -0.25) is 0 Å². The van der Waals surface area contributed by atoms with E-state index in [1.807, 2.05) is 13.0 Å². The van der Waals surface area contributed by atoms with Crippen LogP contribution in [0.5, 0.6) is 5.75 Å². The molecule has 0 fully saturated rings. The smallest absolute Gasteiger partial charge is 0.339 e. The van der Waals surface area contributed by atoms with Gasteiger partial charge in [0.25, 0.3) is 0 Å². The monoisotopic (exact) mass is 338 g/mol. The Morgan fingerprint density at radius 1 is 1.00 bits per heavy atom. The predicted molar refractivity (Wildman–Crippen MR) is 89.3 cm³/mol. The molecule has 0 N–H and O–H groups in total. The van der Waals surface area contributed by atoms with Crippen molar-refractivity contribution in [3.8, 4) is 5.75 Å². The second-order valence-electron chi connectivity index (χ2n) is 5.62. The lowest BCUT2D eigenvalue weighted by atomic mass is 9.98. The van der Waals surface area contributed by atoms with E-state index in [4.69, 9.17) is 15.8 Å². The van der Waals surface area contributed by atoms with Crippen molar-refractivity contribution < 1.29 is 12.6 Å². The first-order chi connectivity index (χ1) is 10.2. The molecule has 0 atom stereocenters. The molecule has 2 rings (SSSR count). The summed E-state index contributed by atoms with van der Waals surface area (Å²) >= 11 is 5.92. The van der Waals surface area contributed by atoms with Crippen LogP contribution in [0.3, 0.4) is 0 Å². The van der Waals surface area contributed by atoms with E-state index in [2.05, 4.69) is 13.8 Å². The first kappa shape index (κ1) is 16.8. The number of hydrogen-bond donors (Lipinski definition) is 0. The van der Waals surface area contributed by atoms with Gasteiger partial charge >= 0.3 is 10.1 Å². The molecule has 5 heteroatoms. The van der Waals surface area contributed by atoms with E-state index in [9.17, 15) is 8.42 Å². The van der Waals surface area contributed by atoms with Crippen LogP contribution in [0.4, 0.5) is 0 Å². The van der Waals surface area contributed by atoms with Gasteiger partial charge in [0.1, 0.15) is 10.6 Å². The topological polar surface area (TPSA) is 43.4 Å². The lowest BCUT2D eigenvalue weighted by Gasteiger charge is -2.12. The van der Waals surface area contributed by atoms with Crippen LogP contribution in [0.2, 0.25) is 5.02 Å². The standard InChI is InChI=1S/C17H19ClO3S/c1-11(2)16-7-5-14(9-12(16)3)21-22(19,20)15-6-8-17(18)13(4)10-15/h5-11H,1-4H3. The molecule has 0 saturated heterocycles. The molecule has 0 aliphatic heterocycles. The highest BCUT2D eigenvalue weighted by molar-refractivity contribution is 7.87. The quantitative estimate of drug-likeness (QED) is 0.748. The van der Waals surface area contributed by atoms with E-state index in [-0.39, 0.29) is 4.90 Å². The van der Waals surface area contributed by atoms with Gasteiger partial charge in [-0.2, -0.15) is 8.42 Å². The molecule has 118 valence electrons. The number of halogens is 1. The molecule has 0 aliphatic carbocycles. The highest BCUT2D eigenvalue weighted by Crippen LogP contribution is 2.27. The second-order valence-corrected chi connectivity index (χ2v) is 7.58. The summed E-state index contributed by atoms with van der Waals surface area (Å²) < 4.78 is 29.9. The third-order valence-electron chi connectivity index (χ3n) is 3.49. The molecule has 0 bridgehead atoms. The van der Waals surface area contributed by atoms with Crippen LogP contribution < -0.4 is 4.18 Å². The fourth-order valence-electron chi connectivity index (χ4n) is 2.30. The van der Waals surface area contributed by atoms with Gasteiger partial charge in [0, 0.05) is 5.02 Å². The summed E-state index contributed by atoms with van der Waals surface area (Å²) in [7, 11) is -3.86. The molecular weight excluding hydrogens is 320 g/mol. The summed E-state index contributed by atoms with van der Waals surface area (Å²) in [6.07, 6.45) is 0. The van der Waals surface area contributed by atoms with Crippen molar-refractivity contribution >= 4 is 21.7 Å². The minimum absolute atomic E-state index is 0.0972. The normalized spacial score (nSPS) is 11.7. The minimum atomic E-state index is -3.86. The Labute approximate surface area is 137 Å². The molecule has 22 heavy (non-hydrogen) atoms. The summed E-state index contributed by atoms with van der Waals surface area (Å²) in [6.45, 7) is 7.89. The first-order valence-corrected chi connectivity index (χ1v) is 8.80. The molecule has 2 aromatic rings. The van der Waals surface area contributed by atoms with Crippen LogP contribution in [0.1, 0.15) is 36.5 Å². The Morgan fingerprint density at radius 2 is 1.68 bits per heavy atom. The molecule has 0 saturated carbocycles. The van der Waals surface area contributed by atoms with Crippen molar-refractivity contribution in [3.63, 3.8) is 0 Å². The summed E-state index contributed by atoms with van der Waals surface area (Å²) in [6, 6.07) is 9.84. The van der Waals surface area contributed by atoms with Crippen LogP contribution in [0.15, 0.2) is 41.3 Å². The van der Waals surface area contributed by atoms with Crippen molar-refractivity contribution in [1.29, 1.82) is 0 Å². The van der Waals surface area contributed by atoms with Crippen molar-refractivity contribution in [2.45, 2.75) is 38.5 Å². The first-order valence-electron chi connectivity index (χ1n) is 7.02. The highest BCUT2D eigenvalue weighted by atomic mass is 35.5. The van der Waals surface area contributed by atoms with Gasteiger partial charge in [-0.15, -0.1) is 0 Å². The van der Waals surface area contributed by atoms with Gasteiger partial charge < -0.3 is 4.18 Å². The lowest BCUT2D eigenvalue weighted by molar-refractivity contribution is 0.485. The Bertz CT molecular complexity index is 796. The molecule has 0 radical (unpaired) electrons. The van der Waals surface area contributed by atoms with Crippen LogP contribution in [0, 0.1) is 13.8 Å². The third-order valence-corrected chi connectivity index (χ3v) is 5.15. The maximum absolute atomic E-state index is 12.3. The minimum Gasteiger partial charge on any atom is -0.379 e. The largest absolute Gasteiger partial charge is 0.379 e. The summed E-state index contributed by atoms with van der Waals surface area (Å²) in [4.78, 5) is 0.0972. The van der Waals surface area contributed by atoms with Gasteiger partial charge in [-0.1, -0.05) is 31.5 Å². The molecule has 3 nitrogen and oxygen atoms in total. The molecule has 0 aliphatic rings. The van der Waals surface area contributed by atoms with Crippen LogP contribution in [-0.2, 0) is 10.1 Å². The Hall–Kier alpha value is -1.52. The Morgan fingerprint density at radius 3 is 2.23 bits per heavy atom. The SMILES string of the molecule is Cc1cc(S(=O)(=O)Oc2ccc(C(C)C)c(C)c2)ccc1Cl. The summed E-state index contributed by atoms with van der Waals surface area (Å²) in [5.74, 6) is 0.694. The summed E-state index contributed by atoms with van der Waals surface area (Å²) in [5, 5.41) is 0.524. The second kappa shape index (κ2) is 6.31.